The van der Waals surface area contributed by atoms with Crippen LogP contribution in [0.5, 0.6) is 0 Å². The van der Waals surface area contributed by atoms with Crippen LogP contribution in [0, 0.1) is 0 Å². The molecule has 0 aliphatic heterocycles. The molecule has 0 saturated carbocycles. The SMILES string of the molecule is O=c1c2cc(Cl)ccc2nc(C=Cc2ccccc2)n1-c1ccccc1. The van der Waals surface area contributed by atoms with Crippen LogP contribution < -0.4 is 5.56 Å². The molecule has 4 heteroatoms. The van der Waals surface area contributed by atoms with E-state index in [0.29, 0.717) is 21.7 Å². The molecular formula is C22H15ClN2O. The summed E-state index contributed by atoms with van der Waals surface area (Å²) in [7, 11) is 0. The average Bonchev–Trinajstić information content (AvgIpc) is 2.68. The van der Waals surface area contributed by atoms with Gasteiger partial charge in [-0.2, -0.15) is 0 Å². The Hall–Kier alpha value is -3.17. The van der Waals surface area contributed by atoms with E-state index in [1.807, 2.05) is 72.8 Å². The predicted molar refractivity (Wildman–Crippen MR) is 108 cm³/mol. The first-order chi connectivity index (χ1) is 12.7. The summed E-state index contributed by atoms with van der Waals surface area (Å²) in [5.41, 5.74) is 2.29. The topological polar surface area (TPSA) is 34.9 Å². The highest BCUT2D eigenvalue weighted by molar-refractivity contribution is 6.31. The van der Waals surface area contributed by atoms with E-state index in [2.05, 4.69) is 4.98 Å². The number of rotatable bonds is 3. The zero-order chi connectivity index (χ0) is 17.9. The minimum Gasteiger partial charge on any atom is -0.268 e. The number of hydrogen-bond acceptors (Lipinski definition) is 2. The molecule has 0 unspecified atom stereocenters. The monoisotopic (exact) mass is 358 g/mol. The number of hydrogen-bond donors (Lipinski definition) is 0. The van der Waals surface area contributed by atoms with Crippen LogP contribution >= 0.6 is 11.6 Å². The number of halogens is 1. The van der Waals surface area contributed by atoms with Crippen molar-refractivity contribution in [3.05, 3.63) is 106 Å². The minimum absolute atomic E-state index is 0.142. The van der Waals surface area contributed by atoms with Crippen molar-refractivity contribution in [2.24, 2.45) is 0 Å². The first-order valence-electron chi connectivity index (χ1n) is 8.23. The van der Waals surface area contributed by atoms with Crippen molar-refractivity contribution >= 4 is 34.7 Å². The summed E-state index contributed by atoms with van der Waals surface area (Å²) in [6, 6.07) is 24.6. The summed E-state index contributed by atoms with van der Waals surface area (Å²) in [5, 5.41) is 1.02. The van der Waals surface area contributed by atoms with Crippen LogP contribution in [0.2, 0.25) is 5.02 Å². The van der Waals surface area contributed by atoms with Gasteiger partial charge >= 0.3 is 0 Å². The molecule has 26 heavy (non-hydrogen) atoms. The largest absolute Gasteiger partial charge is 0.268 e. The van der Waals surface area contributed by atoms with E-state index >= 15 is 0 Å². The molecule has 0 saturated heterocycles. The molecule has 0 radical (unpaired) electrons. The molecule has 0 aliphatic carbocycles. The lowest BCUT2D eigenvalue weighted by molar-refractivity contribution is 0.944. The van der Waals surface area contributed by atoms with E-state index < -0.39 is 0 Å². The number of para-hydroxylation sites is 1. The molecule has 126 valence electrons. The van der Waals surface area contributed by atoms with Crippen molar-refractivity contribution in [3.8, 4) is 5.69 Å². The molecule has 0 spiro atoms. The quantitative estimate of drug-likeness (QED) is 0.504. The standard InChI is InChI=1S/C22H15ClN2O/c23-17-12-13-20-19(15-17)22(26)25(18-9-5-2-6-10-18)21(24-20)14-11-16-7-3-1-4-8-16/h1-15H. The van der Waals surface area contributed by atoms with Gasteiger partial charge in [0.2, 0.25) is 0 Å². The Kier molecular flexibility index (Phi) is 4.38. The predicted octanol–water partition coefficient (Wildman–Crippen LogP) is 5.21. The van der Waals surface area contributed by atoms with Gasteiger partial charge in [-0.05, 0) is 42.0 Å². The van der Waals surface area contributed by atoms with E-state index in [0.717, 1.165) is 11.3 Å². The highest BCUT2D eigenvalue weighted by Gasteiger charge is 2.11. The molecule has 1 heterocycles. The van der Waals surface area contributed by atoms with Crippen LogP contribution in [0.25, 0.3) is 28.7 Å². The van der Waals surface area contributed by atoms with Crippen molar-refractivity contribution in [1.82, 2.24) is 9.55 Å². The molecule has 0 bridgehead atoms. The van der Waals surface area contributed by atoms with Crippen LogP contribution in [0.4, 0.5) is 0 Å². The smallest absolute Gasteiger partial charge is 0.266 e. The van der Waals surface area contributed by atoms with Gasteiger partial charge in [0.1, 0.15) is 5.82 Å². The summed E-state index contributed by atoms with van der Waals surface area (Å²) >= 11 is 6.08. The third-order valence-electron chi connectivity index (χ3n) is 4.10. The van der Waals surface area contributed by atoms with Gasteiger partial charge in [-0.15, -0.1) is 0 Å². The Labute approximate surface area is 155 Å². The molecule has 0 amide bonds. The summed E-state index contributed by atoms with van der Waals surface area (Å²) in [6.07, 6.45) is 3.81. The van der Waals surface area contributed by atoms with Crippen LogP contribution in [0.15, 0.2) is 83.7 Å². The summed E-state index contributed by atoms with van der Waals surface area (Å²) in [6.45, 7) is 0. The van der Waals surface area contributed by atoms with E-state index in [4.69, 9.17) is 11.6 Å². The molecule has 0 fully saturated rings. The lowest BCUT2D eigenvalue weighted by Crippen LogP contribution is -2.22. The second-order valence-corrected chi connectivity index (χ2v) is 6.29. The summed E-state index contributed by atoms with van der Waals surface area (Å²) in [5.74, 6) is 0.569. The van der Waals surface area contributed by atoms with Gasteiger partial charge in [0, 0.05) is 5.02 Å². The Morgan fingerprint density at radius 1 is 0.846 bits per heavy atom. The lowest BCUT2D eigenvalue weighted by Gasteiger charge is -2.11. The van der Waals surface area contributed by atoms with Gasteiger partial charge in [-0.1, -0.05) is 66.2 Å². The van der Waals surface area contributed by atoms with E-state index in [1.54, 1.807) is 22.8 Å². The maximum atomic E-state index is 13.1. The average molecular weight is 359 g/mol. The van der Waals surface area contributed by atoms with Gasteiger partial charge < -0.3 is 0 Å². The summed E-state index contributed by atoms with van der Waals surface area (Å²) in [4.78, 5) is 17.8. The Bertz CT molecular complexity index is 1150. The van der Waals surface area contributed by atoms with Gasteiger partial charge in [-0.25, -0.2) is 4.98 Å². The first kappa shape index (κ1) is 16.3. The zero-order valence-corrected chi connectivity index (χ0v) is 14.6. The van der Waals surface area contributed by atoms with Gasteiger partial charge in [0.15, 0.2) is 0 Å². The number of benzene rings is 3. The van der Waals surface area contributed by atoms with Gasteiger partial charge in [0.25, 0.3) is 5.56 Å². The van der Waals surface area contributed by atoms with Crippen LogP contribution in [0.1, 0.15) is 11.4 Å². The Morgan fingerprint density at radius 3 is 2.27 bits per heavy atom. The maximum Gasteiger partial charge on any atom is 0.266 e. The normalized spacial score (nSPS) is 11.3. The van der Waals surface area contributed by atoms with Gasteiger partial charge in [0.05, 0.1) is 16.6 Å². The van der Waals surface area contributed by atoms with Crippen molar-refractivity contribution in [3.63, 3.8) is 0 Å². The summed E-state index contributed by atoms with van der Waals surface area (Å²) < 4.78 is 1.61. The third-order valence-corrected chi connectivity index (χ3v) is 4.33. The van der Waals surface area contributed by atoms with Crippen molar-refractivity contribution in [2.75, 3.05) is 0 Å². The fourth-order valence-electron chi connectivity index (χ4n) is 2.85. The Morgan fingerprint density at radius 2 is 1.54 bits per heavy atom. The maximum absolute atomic E-state index is 13.1. The fourth-order valence-corrected chi connectivity index (χ4v) is 3.02. The van der Waals surface area contributed by atoms with E-state index in [1.165, 1.54) is 0 Å². The Balaban J connectivity index is 1.97. The van der Waals surface area contributed by atoms with E-state index in [-0.39, 0.29) is 5.56 Å². The van der Waals surface area contributed by atoms with Crippen molar-refractivity contribution in [1.29, 1.82) is 0 Å². The first-order valence-corrected chi connectivity index (χ1v) is 8.61. The van der Waals surface area contributed by atoms with Crippen molar-refractivity contribution in [2.45, 2.75) is 0 Å². The minimum atomic E-state index is -0.142. The third kappa shape index (κ3) is 3.17. The fraction of sp³-hybridized carbons (Fsp3) is 0. The molecule has 4 aromatic rings. The lowest BCUT2D eigenvalue weighted by atomic mass is 10.2. The molecule has 0 aliphatic rings. The number of nitrogens with zero attached hydrogens (tertiary/aromatic N) is 2. The number of aromatic nitrogens is 2. The molecule has 0 atom stereocenters. The van der Waals surface area contributed by atoms with Crippen LogP contribution in [-0.2, 0) is 0 Å². The highest BCUT2D eigenvalue weighted by atomic mass is 35.5. The molecule has 3 nitrogen and oxygen atoms in total. The van der Waals surface area contributed by atoms with Gasteiger partial charge in [-0.3, -0.25) is 9.36 Å². The second kappa shape index (κ2) is 6.98. The van der Waals surface area contributed by atoms with Crippen LogP contribution in [0.3, 0.4) is 0 Å². The van der Waals surface area contributed by atoms with Crippen LogP contribution in [-0.4, -0.2) is 9.55 Å². The van der Waals surface area contributed by atoms with Crippen molar-refractivity contribution < 1.29 is 0 Å². The molecule has 3 aromatic carbocycles. The van der Waals surface area contributed by atoms with E-state index in [9.17, 15) is 4.79 Å². The zero-order valence-electron chi connectivity index (χ0n) is 13.8. The highest BCUT2D eigenvalue weighted by Crippen LogP contribution is 2.18. The molecule has 4 rings (SSSR count). The molecular weight excluding hydrogens is 344 g/mol. The molecule has 0 N–H and O–H groups in total. The second-order valence-electron chi connectivity index (χ2n) is 5.85. The molecule has 1 aromatic heterocycles. The number of fused-ring (bicyclic) bond motifs is 1.